The van der Waals surface area contributed by atoms with Gasteiger partial charge in [0.25, 0.3) is 8.32 Å². The number of rotatable bonds is 19. The zero-order chi connectivity index (χ0) is 29.6. The quantitative estimate of drug-likeness (QED) is 0.133. The molecule has 1 aliphatic rings. The van der Waals surface area contributed by atoms with Crippen molar-refractivity contribution in [3.8, 4) is 0 Å². The van der Waals surface area contributed by atoms with Crippen LogP contribution in [0.25, 0.3) is 0 Å². The molecule has 1 amide bonds. The fraction of sp³-hybridized carbons (Fsp3) is 0.629. The number of carbonyl (C=O) groups excluding carboxylic acids is 1. The molecule has 1 fully saturated rings. The zero-order valence-electron chi connectivity index (χ0n) is 26.1. The summed E-state index contributed by atoms with van der Waals surface area (Å²) in [5.74, 6) is 0. The first-order valence-corrected chi connectivity index (χ1v) is 18.1. The molecule has 1 aliphatic heterocycles. The highest BCUT2D eigenvalue weighted by Gasteiger charge is 2.51. The lowest BCUT2D eigenvalue weighted by molar-refractivity contribution is 0.00612. The van der Waals surface area contributed by atoms with E-state index in [9.17, 15) is 9.90 Å². The van der Waals surface area contributed by atoms with E-state index in [0.29, 0.717) is 13.0 Å². The molecule has 5 nitrogen and oxygen atoms in total. The minimum Gasteiger partial charge on any atom is -0.441 e. The number of aliphatic hydroxyl groups is 1. The predicted molar refractivity (Wildman–Crippen MR) is 172 cm³/mol. The van der Waals surface area contributed by atoms with Gasteiger partial charge in [0.05, 0.1) is 18.8 Å². The van der Waals surface area contributed by atoms with Gasteiger partial charge in [-0.05, 0) is 21.8 Å². The lowest BCUT2D eigenvalue weighted by Crippen LogP contribution is -2.67. The monoisotopic (exact) mass is 581 g/mol. The summed E-state index contributed by atoms with van der Waals surface area (Å²) in [4.78, 5) is 12.3. The standard InChI is InChI=1S/C35H55NO4Si/c1-5-6-7-8-9-10-11-12-13-14-15-22-27-32(37)33-31(36-34(38)40-33)28-39-41(35(2,3)4,29-23-18-16-19-24-29)30-25-20-17-21-26-30/h16-21,23-26,31-33,37H,5-15,22,27-28H2,1-4H3,(H,36,38). The first kappa shape index (κ1) is 33.4. The van der Waals surface area contributed by atoms with Crippen LogP contribution in [0.3, 0.4) is 0 Å². The average molecular weight is 582 g/mol. The molecule has 0 saturated carbocycles. The number of unbranched alkanes of at least 4 members (excludes halogenated alkanes) is 11. The van der Waals surface area contributed by atoms with Crippen LogP contribution in [0.15, 0.2) is 60.7 Å². The molecule has 3 rings (SSSR count). The molecule has 0 aliphatic carbocycles. The summed E-state index contributed by atoms with van der Waals surface area (Å²) in [5.41, 5.74) is 0. The van der Waals surface area contributed by atoms with E-state index >= 15 is 0 Å². The van der Waals surface area contributed by atoms with E-state index in [0.717, 1.165) is 12.8 Å². The Hall–Kier alpha value is -2.15. The van der Waals surface area contributed by atoms with Crippen molar-refractivity contribution in [2.24, 2.45) is 0 Å². The number of nitrogens with one attached hydrogen (secondary N) is 1. The maximum Gasteiger partial charge on any atom is 0.408 e. The number of ether oxygens (including phenoxy) is 1. The first-order valence-electron chi connectivity index (χ1n) is 16.2. The van der Waals surface area contributed by atoms with Gasteiger partial charge >= 0.3 is 6.09 Å². The molecule has 0 aromatic heterocycles. The van der Waals surface area contributed by atoms with Crippen LogP contribution in [-0.4, -0.2) is 44.4 Å². The zero-order valence-corrected chi connectivity index (χ0v) is 27.1. The van der Waals surface area contributed by atoms with Crippen LogP contribution in [-0.2, 0) is 9.16 Å². The molecule has 6 heteroatoms. The van der Waals surface area contributed by atoms with Crippen molar-refractivity contribution in [1.82, 2.24) is 5.32 Å². The number of carbonyl (C=O) groups is 1. The van der Waals surface area contributed by atoms with Gasteiger partial charge in [0.1, 0.15) is 0 Å². The molecule has 0 spiro atoms. The summed E-state index contributed by atoms with van der Waals surface area (Å²) in [6.07, 6.45) is 14.2. The Kier molecular flexibility index (Phi) is 13.9. The molecule has 2 aromatic rings. The van der Waals surface area contributed by atoms with E-state index in [1.165, 1.54) is 74.6 Å². The molecule has 1 saturated heterocycles. The van der Waals surface area contributed by atoms with Gasteiger partial charge in [0.15, 0.2) is 6.10 Å². The smallest absolute Gasteiger partial charge is 0.408 e. The maximum absolute atomic E-state index is 12.3. The fourth-order valence-electron chi connectivity index (χ4n) is 6.29. The van der Waals surface area contributed by atoms with E-state index in [4.69, 9.17) is 9.16 Å². The Morgan fingerprint density at radius 2 is 1.27 bits per heavy atom. The fourth-order valence-corrected chi connectivity index (χ4v) is 10.9. The number of amides is 1. The minimum absolute atomic E-state index is 0.164. The second kappa shape index (κ2) is 17.1. The second-order valence-corrected chi connectivity index (χ2v) is 17.1. The Morgan fingerprint density at radius 3 is 1.73 bits per heavy atom. The lowest BCUT2D eigenvalue weighted by atomic mass is 10.00. The van der Waals surface area contributed by atoms with E-state index in [2.05, 4.69) is 81.5 Å². The Bertz CT molecular complexity index is 955. The molecule has 3 atom stereocenters. The average Bonchev–Trinajstić information content (AvgIpc) is 3.34. The van der Waals surface area contributed by atoms with Gasteiger partial charge in [-0.25, -0.2) is 4.79 Å². The van der Waals surface area contributed by atoms with Crippen LogP contribution in [0.4, 0.5) is 4.79 Å². The third-order valence-corrected chi connectivity index (χ3v) is 13.6. The van der Waals surface area contributed by atoms with Crippen molar-refractivity contribution in [3.05, 3.63) is 60.7 Å². The molecule has 0 bridgehead atoms. The molecular formula is C35H55NO4Si. The summed E-state index contributed by atoms with van der Waals surface area (Å²) in [6, 6.07) is 20.6. The molecule has 41 heavy (non-hydrogen) atoms. The van der Waals surface area contributed by atoms with Crippen molar-refractivity contribution in [3.63, 3.8) is 0 Å². The number of hydrogen-bond acceptors (Lipinski definition) is 4. The Morgan fingerprint density at radius 1 is 0.805 bits per heavy atom. The van der Waals surface area contributed by atoms with Gasteiger partial charge in [0, 0.05) is 0 Å². The van der Waals surface area contributed by atoms with Crippen LogP contribution < -0.4 is 15.7 Å². The lowest BCUT2D eigenvalue weighted by Gasteiger charge is -2.43. The molecule has 0 radical (unpaired) electrons. The van der Waals surface area contributed by atoms with Gasteiger partial charge in [-0.15, -0.1) is 0 Å². The van der Waals surface area contributed by atoms with E-state index < -0.39 is 32.7 Å². The van der Waals surface area contributed by atoms with Crippen LogP contribution in [0.2, 0.25) is 5.04 Å². The second-order valence-electron chi connectivity index (χ2n) is 12.8. The Balaban J connectivity index is 1.53. The van der Waals surface area contributed by atoms with Crippen molar-refractivity contribution >= 4 is 24.8 Å². The highest BCUT2D eigenvalue weighted by Crippen LogP contribution is 2.37. The van der Waals surface area contributed by atoms with Crippen molar-refractivity contribution in [2.45, 2.75) is 134 Å². The molecular weight excluding hydrogens is 526 g/mol. The third-order valence-electron chi connectivity index (χ3n) is 8.57. The number of alkyl carbamates (subject to hydrolysis) is 1. The molecule has 228 valence electrons. The highest BCUT2D eigenvalue weighted by atomic mass is 28.4. The number of cyclic esters (lactones) is 1. The number of benzene rings is 2. The molecule has 2 N–H and O–H groups in total. The van der Waals surface area contributed by atoms with Gasteiger partial charge < -0.3 is 19.6 Å². The van der Waals surface area contributed by atoms with Crippen molar-refractivity contribution < 1.29 is 19.1 Å². The maximum atomic E-state index is 12.3. The summed E-state index contributed by atoms with van der Waals surface area (Å²) < 4.78 is 12.6. The SMILES string of the molecule is CCCCCCCCCCCCCCC(O)C1OC(=O)NC1CO[Si](c1ccccc1)(c1ccccc1)C(C)(C)C. The largest absolute Gasteiger partial charge is 0.441 e. The number of aliphatic hydroxyl groups excluding tert-OH is 1. The summed E-state index contributed by atoms with van der Waals surface area (Å²) >= 11 is 0. The minimum atomic E-state index is -2.75. The van der Waals surface area contributed by atoms with Gasteiger partial charge in [-0.2, -0.15) is 0 Å². The number of hydrogen-bond donors (Lipinski definition) is 2. The predicted octanol–water partition coefficient (Wildman–Crippen LogP) is 7.49. The van der Waals surface area contributed by atoms with Crippen LogP contribution in [0.5, 0.6) is 0 Å². The van der Waals surface area contributed by atoms with Crippen LogP contribution in [0.1, 0.15) is 111 Å². The third kappa shape index (κ3) is 9.69. The van der Waals surface area contributed by atoms with E-state index in [1.807, 2.05) is 12.1 Å². The van der Waals surface area contributed by atoms with Gasteiger partial charge in [-0.1, -0.05) is 165 Å². The van der Waals surface area contributed by atoms with Crippen LogP contribution >= 0.6 is 0 Å². The molecule has 1 heterocycles. The van der Waals surface area contributed by atoms with Crippen LogP contribution in [0, 0.1) is 0 Å². The highest BCUT2D eigenvalue weighted by molar-refractivity contribution is 6.99. The summed E-state index contributed by atoms with van der Waals surface area (Å²) in [5, 5.41) is 16.2. The summed E-state index contributed by atoms with van der Waals surface area (Å²) in [7, 11) is -2.75. The van der Waals surface area contributed by atoms with E-state index in [1.54, 1.807) is 0 Å². The summed E-state index contributed by atoms with van der Waals surface area (Å²) in [6.45, 7) is 9.27. The van der Waals surface area contributed by atoms with Gasteiger partial charge in [0.2, 0.25) is 0 Å². The molecule has 2 aromatic carbocycles. The normalized spacial score (nSPS) is 18.2. The molecule has 3 unspecified atom stereocenters. The Labute approximate surface area is 250 Å². The first-order chi connectivity index (χ1) is 19.8. The van der Waals surface area contributed by atoms with Crippen molar-refractivity contribution in [1.29, 1.82) is 0 Å². The van der Waals surface area contributed by atoms with E-state index in [-0.39, 0.29) is 5.04 Å². The van der Waals surface area contributed by atoms with Crippen molar-refractivity contribution in [2.75, 3.05) is 6.61 Å². The topological polar surface area (TPSA) is 67.8 Å². The van der Waals surface area contributed by atoms with Gasteiger partial charge in [-0.3, -0.25) is 0 Å².